The van der Waals surface area contributed by atoms with Gasteiger partial charge in [0.25, 0.3) is 0 Å². The average Bonchev–Trinajstić information content (AvgIpc) is 2.46. The van der Waals surface area contributed by atoms with Gasteiger partial charge in [-0.25, -0.2) is 0 Å². The highest BCUT2D eigenvalue weighted by Crippen LogP contribution is 3.02. The minimum absolute atomic E-state index is 0.135. The molecule has 2 rings (SSSR count). The topological polar surface area (TPSA) is 0 Å². The molecule has 0 heterocycles. The van der Waals surface area contributed by atoms with E-state index in [0.717, 1.165) is 37.3 Å². The summed E-state index contributed by atoms with van der Waals surface area (Å²) < 4.78 is 64.4. The van der Waals surface area contributed by atoms with Crippen molar-refractivity contribution in [2.24, 2.45) is 0 Å². The molecule has 0 atom stereocenters. The fraction of sp³-hybridized carbons (Fsp3) is 0.294. The van der Waals surface area contributed by atoms with Crippen molar-refractivity contribution in [3.63, 3.8) is 0 Å². The summed E-state index contributed by atoms with van der Waals surface area (Å²) in [7, 11) is -9.64. The molecule has 0 saturated carbocycles. The van der Waals surface area contributed by atoms with Gasteiger partial charge in [-0.05, 0) is 41.7 Å². The van der Waals surface area contributed by atoms with Crippen LogP contribution in [0.4, 0.5) is 19.4 Å². The molecular weight excluding hydrogens is 331 g/mol. The van der Waals surface area contributed by atoms with Gasteiger partial charge in [-0.1, -0.05) is 75.6 Å². The van der Waals surface area contributed by atoms with Crippen LogP contribution in [0.25, 0.3) is 11.1 Å². The van der Waals surface area contributed by atoms with Crippen LogP contribution in [0.15, 0.2) is 53.4 Å². The van der Waals surface area contributed by atoms with Crippen molar-refractivity contribution >= 4 is 10.2 Å². The van der Waals surface area contributed by atoms with Crippen molar-refractivity contribution in [2.75, 3.05) is 0 Å². The lowest BCUT2D eigenvalue weighted by Crippen LogP contribution is -2.05. The average molecular weight is 350 g/mol. The second-order valence-corrected chi connectivity index (χ2v) is 8.06. The van der Waals surface area contributed by atoms with Crippen LogP contribution in [0.3, 0.4) is 0 Å². The molecule has 0 saturated heterocycles. The molecule has 0 aromatic heterocycles. The molecular formula is C17H19F5S. The first-order chi connectivity index (χ1) is 10.5. The van der Waals surface area contributed by atoms with E-state index in [-0.39, 0.29) is 5.56 Å². The standard InChI is InChI=1S/C17H19F5S/c1-2-3-4-6-14-9-11-15(12-10-14)16-7-5-8-17(13-16)23(18,19,20,21)22/h5,7-13H,2-4,6H2,1H3. The zero-order chi connectivity index (χ0) is 17.2. The Morgan fingerprint density at radius 2 is 1.43 bits per heavy atom. The highest BCUT2D eigenvalue weighted by molar-refractivity contribution is 8.45. The second kappa shape index (κ2) is 5.51. The molecule has 0 fully saturated rings. The third kappa shape index (κ3) is 4.96. The van der Waals surface area contributed by atoms with E-state index in [9.17, 15) is 19.4 Å². The third-order valence-corrected chi connectivity index (χ3v) is 4.78. The van der Waals surface area contributed by atoms with Crippen LogP contribution >= 0.6 is 10.2 Å². The number of rotatable bonds is 6. The molecule has 0 unspecified atom stereocenters. The SMILES string of the molecule is CCCCCc1ccc(-c2cccc(S(F)(F)(F)(F)F)c2)cc1. The van der Waals surface area contributed by atoms with Crippen LogP contribution in [-0.2, 0) is 6.42 Å². The molecule has 0 aliphatic rings. The molecule has 0 radical (unpaired) electrons. The first kappa shape index (κ1) is 17.8. The van der Waals surface area contributed by atoms with Gasteiger partial charge in [0.1, 0.15) is 4.90 Å². The highest BCUT2D eigenvalue weighted by Gasteiger charge is 2.65. The fourth-order valence-electron chi connectivity index (χ4n) is 2.36. The van der Waals surface area contributed by atoms with E-state index >= 15 is 0 Å². The lowest BCUT2D eigenvalue weighted by molar-refractivity contribution is 0.364. The van der Waals surface area contributed by atoms with Crippen molar-refractivity contribution in [1.82, 2.24) is 0 Å². The van der Waals surface area contributed by atoms with E-state index in [2.05, 4.69) is 6.92 Å². The lowest BCUT2D eigenvalue weighted by Gasteiger charge is -2.40. The predicted octanol–water partition coefficient (Wildman–Crippen LogP) is 7.74. The van der Waals surface area contributed by atoms with Gasteiger partial charge in [0, 0.05) is 0 Å². The summed E-state index contributed by atoms with van der Waals surface area (Å²) in [5, 5.41) is 0. The maximum Gasteiger partial charge on any atom is 0.310 e. The van der Waals surface area contributed by atoms with Gasteiger partial charge in [-0.3, -0.25) is 0 Å². The van der Waals surface area contributed by atoms with Crippen LogP contribution in [0.2, 0.25) is 0 Å². The second-order valence-electron chi connectivity index (χ2n) is 5.65. The van der Waals surface area contributed by atoms with Crippen molar-refractivity contribution in [2.45, 2.75) is 37.5 Å². The van der Waals surface area contributed by atoms with Gasteiger partial charge in [-0.2, -0.15) is 0 Å². The largest absolute Gasteiger partial charge is 0.310 e. The van der Waals surface area contributed by atoms with Gasteiger partial charge in [0.05, 0.1) is 0 Å². The molecule has 6 heteroatoms. The number of hydrogen-bond donors (Lipinski definition) is 0. The van der Waals surface area contributed by atoms with Gasteiger partial charge in [-0.15, -0.1) is 0 Å². The Labute approximate surface area is 133 Å². The Hall–Kier alpha value is -1.56. The lowest BCUT2D eigenvalue weighted by atomic mass is 10.0. The van der Waals surface area contributed by atoms with Crippen LogP contribution in [0, 0.1) is 0 Å². The van der Waals surface area contributed by atoms with E-state index in [0.29, 0.717) is 17.7 Å². The quantitative estimate of drug-likeness (QED) is 0.369. The highest BCUT2D eigenvalue weighted by atomic mass is 32.5. The van der Waals surface area contributed by atoms with Gasteiger partial charge >= 0.3 is 10.2 Å². The Morgan fingerprint density at radius 1 is 0.783 bits per heavy atom. The number of benzene rings is 2. The summed E-state index contributed by atoms with van der Waals surface area (Å²) in [5.41, 5.74) is 1.72. The molecule has 0 bridgehead atoms. The van der Waals surface area contributed by atoms with Gasteiger partial charge in [0.2, 0.25) is 0 Å². The molecule has 0 spiro atoms. The van der Waals surface area contributed by atoms with Gasteiger partial charge in [0.15, 0.2) is 0 Å². The maximum atomic E-state index is 12.9. The first-order valence-electron chi connectivity index (χ1n) is 7.43. The summed E-state index contributed by atoms with van der Waals surface area (Å²) in [4.78, 5) is -1.85. The van der Waals surface area contributed by atoms with Crippen molar-refractivity contribution < 1.29 is 19.4 Å². The summed E-state index contributed by atoms with van der Waals surface area (Å²) in [5.74, 6) is 0. The normalized spacial score (nSPS) is 15.0. The van der Waals surface area contributed by atoms with E-state index in [1.165, 1.54) is 6.07 Å². The van der Waals surface area contributed by atoms with Crippen LogP contribution < -0.4 is 0 Å². The van der Waals surface area contributed by atoms with E-state index in [1.807, 2.05) is 12.1 Å². The van der Waals surface area contributed by atoms with Crippen LogP contribution in [-0.4, -0.2) is 0 Å². The van der Waals surface area contributed by atoms with E-state index in [1.54, 1.807) is 12.1 Å². The van der Waals surface area contributed by atoms with Crippen molar-refractivity contribution in [1.29, 1.82) is 0 Å². The molecule has 0 nitrogen and oxygen atoms in total. The smallest absolute Gasteiger partial charge is 0.0936 e. The molecule has 128 valence electrons. The number of hydrogen-bond acceptors (Lipinski definition) is 0. The Morgan fingerprint density at radius 3 is 2.00 bits per heavy atom. The Kier molecular flexibility index (Phi) is 4.26. The van der Waals surface area contributed by atoms with Crippen molar-refractivity contribution in [3.8, 4) is 11.1 Å². The summed E-state index contributed by atoms with van der Waals surface area (Å²) in [6.07, 6.45) is 4.18. The molecule has 0 aliphatic heterocycles. The minimum atomic E-state index is -9.64. The maximum absolute atomic E-state index is 12.9. The molecule has 0 amide bonds. The molecule has 0 aliphatic carbocycles. The van der Waals surface area contributed by atoms with Crippen LogP contribution in [0.5, 0.6) is 0 Å². The molecule has 0 N–H and O–H groups in total. The van der Waals surface area contributed by atoms with E-state index in [4.69, 9.17) is 0 Å². The molecule has 2 aromatic rings. The monoisotopic (exact) mass is 350 g/mol. The predicted molar refractivity (Wildman–Crippen MR) is 86.5 cm³/mol. The van der Waals surface area contributed by atoms with Gasteiger partial charge < -0.3 is 0 Å². The first-order valence-corrected chi connectivity index (χ1v) is 9.38. The van der Waals surface area contributed by atoms with Crippen LogP contribution in [0.1, 0.15) is 31.7 Å². The Balaban J connectivity index is 2.27. The summed E-state index contributed by atoms with van der Waals surface area (Å²) in [6.45, 7) is 2.11. The zero-order valence-electron chi connectivity index (χ0n) is 12.7. The number of halogens is 5. The van der Waals surface area contributed by atoms with Crippen molar-refractivity contribution in [3.05, 3.63) is 54.1 Å². The van der Waals surface area contributed by atoms with E-state index < -0.39 is 15.1 Å². The molecule has 23 heavy (non-hydrogen) atoms. The third-order valence-electron chi connectivity index (χ3n) is 3.64. The number of unbranched alkanes of at least 4 members (excludes halogenated alkanes) is 2. The fourth-order valence-corrected chi connectivity index (χ4v) is 3.04. The number of aryl methyl sites for hydroxylation is 1. The zero-order valence-corrected chi connectivity index (χ0v) is 13.6. The summed E-state index contributed by atoms with van der Waals surface area (Å²) >= 11 is 0. The summed E-state index contributed by atoms with van der Waals surface area (Å²) in [6, 6.07) is 10.4. The molecule has 2 aromatic carbocycles. The minimum Gasteiger partial charge on any atom is -0.0936 e. The Bertz CT molecular complexity index is 674.